The Hall–Kier alpha value is -3.63. The highest BCUT2D eigenvalue weighted by Gasteiger charge is 2.31. The standard InChI is InChI=1S/C18H11F4N3O4/c19-12-5-11(17-24-23-9-26-17)6-14(7-12)27-16-8-15(29-25-16)10-1-3-13(4-2-10)28-18(20,21)22/h1-7,9,15H,8H2/t15-/m1/s1. The number of aromatic nitrogens is 2. The highest BCUT2D eigenvalue weighted by Crippen LogP contribution is 2.32. The molecule has 1 atom stereocenters. The van der Waals surface area contributed by atoms with Crippen molar-refractivity contribution in [1.29, 1.82) is 0 Å². The molecule has 29 heavy (non-hydrogen) atoms. The number of hydrogen-bond acceptors (Lipinski definition) is 7. The molecule has 3 aromatic rings. The number of benzene rings is 2. The van der Waals surface area contributed by atoms with E-state index >= 15 is 0 Å². The number of oxime groups is 1. The van der Waals surface area contributed by atoms with Gasteiger partial charge in [-0.1, -0.05) is 17.3 Å². The Kier molecular flexibility index (Phi) is 4.79. The van der Waals surface area contributed by atoms with Gasteiger partial charge in [-0.3, -0.25) is 0 Å². The quantitative estimate of drug-likeness (QED) is 0.585. The smallest absolute Gasteiger partial charge is 0.439 e. The van der Waals surface area contributed by atoms with Crippen LogP contribution in [-0.2, 0) is 4.84 Å². The third-order valence-electron chi connectivity index (χ3n) is 3.84. The first-order chi connectivity index (χ1) is 13.9. The topological polar surface area (TPSA) is 79.0 Å². The lowest BCUT2D eigenvalue weighted by atomic mass is 10.1. The fourth-order valence-electron chi connectivity index (χ4n) is 2.66. The average molecular weight is 409 g/mol. The maximum atomic E-state index is 13.9. The van der Waals surface area contributed by atoms with Gasteiger partial charge in [0.05, 0.1) is 6.42 Å². The van der Waals surface area contributed by atoms with Gasteiger partial charge in [0, 0.05) is 11.6 Å². The van der Waals surface area contributed by atoms with E-state index in [1.165, 1.54) is 36.4 Å². The van der Waals surface area contributed by atoms with Crippen molar-refractivity contribution in [3.05, 3.63) is 60.2 Å². The molecule has 0 aliphatic carbocycles. The molecule has 1 aromatic heterocycles. The molecule has 0 unspecified atom stereocenters. The zero-order valence-corrected chi connectivity index (χ0v) is 14.4. The van der Waals surface area contributed by atoms with Crippen molar-refractivity contribution in [3.63, 3.8) is 0 Å². The van der Waals surface area contributed by atoms with E-state index in [-0.39, 0.29) is 29.7 Å². The second kappa shape index (κ2) is 7.41. The Morgan fingerprint density at radius 3 is 2.52 bits per heavy atom. The van der Waals surface area contributed by atoms with Crippen LogP contribution < -0.4 is 9.47 Å². The van der Waals surface area contributed by atoms with Crippen molar-refractivity contribution in [2.24, 2.45) is 5.16 Å². The Morgan fingerprint density at radius 1 is 1.03 bits per heavy atom. The predicted octanol–water partition coefficient (Wildman–Crippen LogP) is 4.63. The molecule has 0 saturated carbocycles. The summed E-state index contributed by atoms with van der Waals surface area (Å²) >= 11 is 0. The molecule has 0 bridgehead atoms. The molecule has 11 heteroatoms. The molecule has 0 N–H and O–H groups in total. The van der Waals surface area contributed by atoms with E-state index in [0.29, 0.717) is 11.1 Å². The lowest BCUT2D eigenvalue weighted by Crippen LogP contribution is -2.17. The van der Waals surface area contributed by atoms with Crippen LogP contribution in [0.25, 0.3) is 11.5 Å². The number of rotatable bonds is 4. The second-order valence-electron chi connectivity index (χ2n) is 5.92. The van der Waals surface area contributed by atoms with Crippen molar-refractivity contribution >= 4 is 5.90 Å². The minimum absolute atomic E-state index is 0.123. The molecule has 0 spiro atoms. The van der Waals surface area contributed by atoms with E-state index in [0.717, 1.165) is 12.5 Å². The summed E-state index contributed by atoms with van der Waals surface area (Å²) in [6.07, 6.45) is -4.01. The molecule has 1 aliphatic heterocycles. The maximum Gasteiger partial charge on any atom is 0.573 e. The van der Waals surface area contributed by atoms with Crippen LogP contribution in [0.4, 0.5) is 17.6 Å². The van der Waals surface area contributed by atoms with Gasteiger partial charge in [0.1, 0.15) is 17.3 Å². The zero-order valence-electron chi connectivity index (χ0n) is 14.4. The molecule has 0 fully saturated rings. The lowest BCUT2D eigenvalue weighted by molar-refractivity contribution is -0.274. The summed E-state index contributed by atoms with van der Waals surface area (Å²) in [5.74, 6) is -0.474. The van der Waals surface area contributed by atoms with Gasteiger partial charge in [-0.15, -0.1) is 23.4 Å². The molecule has 0 saturated heterocycles. The van der Waals surface area contributed by atoms with E-state index in [9.17, 15) is 17.6 Å². The van der Waals surface area contributed by atoms with Crippen molar-refractivity contribution < 1.29 is 36.3 Å². The van der Waals surface area contributed by atoms with Gasteiger partial charge >= 0.3 is 6.36 Å². The SMILES string of the molecule is Fc1cc(OC2=NO[C@@H](c3ccc(OC(F)(F)F)cc3)C2)cc(-c2nnco2)c1. The minimum atomic E-state index is -4.76. The number of nitrogens with zero attached hydrogens (tertiary/aromatic N) is 3. The highest BCUT2D eigenvalue weighted by atomic mass is 19.4. The summed E-state index contributed by atoms with van der Waals surface area (Å²) in [7, 11) is 0. The second-order valence-corrected chi connectivity index (χ2v) is 5.92. The first-order valence-electron chi connectivity index (χ1n) is 8.19. The van der Waals surface area contributed by atoms with Gasteiger partial charge in [-0.25, -0.2) is 4.39 Å². The Balaban J connectivity index is 1.42. The minimum Gasteiger partial charge on any atom is -0.439 e. The first kappa shape index (κ1) is 18.7. The van der Waals surface area contributed by atoms with Gasteiger partial charge in [0.2, 0.25) is 18.2 Å². The van der Waals surface area contributed by atoms with E-state index in [1.807, 2.05) is 0 Å². The molecule has 2 aromatic carbocycles. The number of ether oxygens (including phenoxy) is 2. The summed E-state index contributed by atoms with van der Waals surface area (Å²) in [6, 6.07) is 9.07. The van der Waals surface area contributed by atoms with Gasteiger partial charge < -0.3 is 18.7 Å². The Morgan fingerprint density at radius 2 is 1.83 bits per heavy atom. The molecular weight excluding hydrogens is 398 g/mol. The first-order valence-corrected chi connectivity index (χ1v) is 8.19. The zero-order chi connectivity index (χ0) is 20.4. The molecular formula is C18H11F4N3O4. The van der Waals surface area contributed by atoms with Crippen LogP contribution in [0.5, 0.6) is 11.5 Å². The summed E-state index contributed by atoms with van der Waals surface area (Å²) in [5.41, 5.74) is 0.904. The van der Waals surface area contributed by atoms with Crippen LogP contribution in [0, 0.1) is 5.82 Å². The monoisotopic (exact) mass is 409 g/mol. The fraction of sp³-hybridized carbons (Fsp3) is 0.167. The van der Waals surface area contributed by atoms with Crippen molar-refractivity contribution in [1.82, 2.24) is 10.2 Å². The Bertz CT molecular complexity index is 1020. The van der Waals surface area contributed by atoms with Crippen molar-refractivity contribution in [2.45, 2.75) is 18.9 Å². The maximum absolute atomic E-state index is 13.9. The third kappa shape index (κ3) is 4.62. The van der Waals surface area contributed by atoms with Gasteiger partial charge in [0.15, 0.2) is 6.10 Å². The van der Waals surface area contributed by atoms with Gasteiger partial charge in [0.25, 0.3) is 0 Å². The number of halogens is 4. The van der Waals surface area contributed by atoms with Crippen LogP contribution >= 0.6 is 0 Å². The van der Waals surface area contributed by atoms with E-state index in [4.69, 9.17) is 14.0 Å². The molecule has 150 valence electrons. The highest BCUT2D eigenvalue weighted by molar-refractivity contribution is 5.80. The molecule has 7 nitrogen and oxygen atoms in total. The lowest BCUT2D eigenvalue weighted by Gasteiger charge is -2.11. The molecule has 0 radical (unpaired) electrons. The van der Waals surface area contributed by atoms with Gasteiger partial charge in [-0.2, -0.15) is 0 Å². The summed E-state index contributed by atoms with van der Waals surface area (Å²) < 4.78 is 65.0. The van der Waals surface area contributed by atoms with E-state index < -0.39 is 18.3 Å². The summed E-state index contributed by atoms with van der Waals surface area (Å²) in [5, 5.41) is 11.0. The third-order valence-corrected chi connectivity index (χ3v) is 3.84. The van der Waals surface area contributed by atoms with Crippen LogP contribution in [0.3, 0.4) is 0 Å². The Labute approximate surface area is 160 Å². The summed E-state index contributed by atoms with van der Waals surface area (Å²) in [4.78, 5) is 5.26. The van der Waals surface area contributed by atoms with Crippen molar-refractivity contribution in [2.75, 3.05) is 0 Å². The van der Waals surface area contributed by atoms with Crippen LogP contribution in [0.2, 0.25) is 0 Å². The van der Waals surface area contributed by atoms with Crippen LogP contribution in [0.1, 0.15) is 18.1 Å². The van der Waals surface area contributed by atoms with Gasteiger partial charge in [-0.05, 0) is 29.8 Å². The fourth-order valence-corrected chi connectivity index (χ4v) is 2.66. The van der Waals surface area contributed by atoms with Crippen LogP contribution in [0.15, 0.2) is 58.4 Å². The molecule has 1 aliphatic rings. The molecule has 4 rings (SSSR count). The predicted molar refractivity (Wildman–Crippen MR) is 89.3 cm³/mol. The van der Waals surface area contributed by atoms with Crippen LogP contribution in [-0.4, -0.2) is 22.5 Å². The normalized spacial score (nSPS) is 16.3. The van der Waals surface area contributed by atoms with E-state index in [2.05, 4.69) is 20.1 Å². The molecule has 0 amide bonds. The molecule has 2 heterocycles. The van der Waals surface area contributed by atoms with E-state index in [1.54, 1.807) is 0 Å². The number of hydrogen-bond donors (Lipinski definition) is 0. The number of alkyl halides is 3. The largest absolute Gasteiger partial charge is 0.573 e. The van der Waals surface area contributed by atoms with Crippen molar-refractivity contribution in [3.8, 4) is 23.0 Å². The average Bonchev–Trinajstić information content (AvgIpc) is 3.32. The summed E-state index contributed by atoms with van der Waals surface area (Å²) in [6.45, 7) is 0.